The largest absolute Gasteiger partial charge is 0.443 e. The molecule has 1 aromatic rings. The van der Waals surface area contributed by atoms with E-state index in [1.807, 2.05) is 0 Å². The standard InChI is InChI=1S/C12H15ClN2O4/c1-12(2,3)19-11(16)14(4)10-6-5-8(15(17)18)7-9(10)13/h5-7H,1-4H3. The molecule has 6 nitrogen and oxygen atoms in total. The number of benzene rings is 1. The highest BCUT2D eigenvalue weighted by atomic mass is 35.5. The lowest BCUT2D eigenvalue weighted by Crippen LogP contribution is -2.34. The molecule has 0 heterocycles. The van der Waals surface area contributed by atoms with Crippen molar-refractivity contribution in [3.63, 3.8) is 0 Å². The Bertz CT molecular complexity index is 511. The molecule has 0 spiro atoms. The Labute approximate surface area is 116 Å². The van der Waals surface area contributed by atoms with Gasteiger partial charge in [0, 0.05) is 19.2 Å². The lowest BCUT2D eigenvalue weighted by atomic mass is 10.2. The summed E-state index contributed by atoms with van der Waals surface area (Å²) in [6.45, 7) is 5.24. The number of amides is 1. The fourth-order valence-electron chi connectivity index (χ4n) is 1.31. The van der Waals surface area contributed by atoms with Crippen LogP contribution in [0, 0.1) is 10.1 Å². The number of non-ortho nitro benzene ring substituents is 1. The van der Waals surface area contributed by atoms with Gasteiger partial charge in [0.1, 0.15) is 5.60 Å². The van der Waals surface area contributed by atoms with Crippen molar-refractivity contribution in [2.75, 3.05) is 11.9 Å². The molecule has 1 aromatic carbocycles. The third kappa shape index (κ3) is 4.10. The summed E-state index contributed by atoms with van der Waals surface area (Å²) in [5.74, 6) is 0. The molecule has 0 saturated heterocycles. The number of hydrogen-bond donors (Lipinski definition) is 0. The summed E-state index contributed by atoms with van der Waals surface area (Å²) in [6, 6.07) is 3.88. The summed E-state index contributed by atoms with van der Waals surface area (Å²) < 4.78 is 5.18. The normalized spacial score (nSPS) is 11.0. The highest BCUT2D eigenvalue weighted by Crippen LogP contribution is 2.29. The van der Waals surface area contributed by atoms with Gasteiger partial charge in [0.05, 0.1) is 15.6 Å². The molecular formula is C12H15ClN2O4. The van der Waals surface area contributed by atoms with Crippen LogP contribution in [0.4, 0.5) is 16.2 Å². The summed E-state index contributed by atoms with van der Waals surface area (Å²) in [6.07, 6.45) is -0.580. The number of nitro benzene ring substituents is 1. The molecule has 0 atom stereocenters. The van der Waals surface area contributed by atoms with Crippen molar-refractivity contribution in [3.05, 3.63) is 33.3 Å². The first-order valence-corrected chi connectivity index (χ1v) is 5.90. The fourth-order valence-corrected chi connectivity index (χ4v) is 1.61. The summed E-state index contributed by atoms with van der Waals surface area (Å²) in [5, 5.41) is 10.7. The molecule has 0 radical (unpaired) electrons. The van der Waals surface area contributed by atoms with Gasteiger partial charge in [0.25, 0.3) is 5.69 Å². The first-order chi connectivity index (χ1) is 8.61. The van der Waals surface area contributed by atoms with E-state index in [2.05, 4.69) is 0 Å². The highest BCUT2D eigenvalue weighted by Gasteiger charge is 2.22. The number of nitro groups is 1. The molecule has 1 rings (SSSR count). The van der Waals surface area contributed by atoms with Gasteiger partial charge in [-0.2, -0.15) is 0 Å². The molecule has 1 amide bonds. The van der Waals surface area contributed by atoms with E-state index in [9.17, 15) is 14.9 Å². The first kappa shape index (κ1) is 15.2. The van der Waals surface area contributed by atoms with Crippen molar-refractivity contribution < 1.29 is 14.5 Å². The van der Waals surface area contributed by atoms with E-state index in [1.54, 1.807) is 20.8 Å². The van der Waals surface area contributed by atoms with E-state index < -0.39 is 16.6 Å². The van der Waals surface area contributed by atoms with Crippen molar-refractivity contribution >= 4 is 29.1 Å². The summed E-state index contributed by atoms with van der Waals surface area (Å²) in [7, 11) is 1.49. The van der Waals surface area contributed by atoms with Crippen molar-refractivity contribution in [1.82, 2.24) is 0 Å². The van der Waals surface area contributed by atoms with Gasteiger partial charge in [-0.1, -0.05) is 11.6 Å². The molecule has 0 saturated carbocycles. The molecular weight excluding hydrogens is 272 g/mol. The Morgan fingerprint density at radius 3 is 2.42 bits per heavy atom. The SMILES string of the molecule is CN(C(=O)OC(C)(C)C)c1ccc([N+](=O)[O-])cc1Cl. The van der Waals surface area contributed by atoms with Crippen LogP contribution in [0.15, 0.2) is 18.2 Å². The average molecular weight is 287 g/mol. The van der Waals surface area contributed by atoms with E-state index in [0.29, 0.717) is 5.69 Å². The maximum absolute atomic E-state index is 11.8. The van der Waals surface area contributed by atoms with Crippen molar-refractivity contribution in [1.29, 1.82) is 0 Å². The summed E-state index contributed by atoms with van der Waals surface area (Å²) >= 11 is 5.93. The van der Waals surface area contributed by atoms with Gasteiger partial charge in [-0.3, -0.25) is 15.0 Å². The summed E-state index contributed by atoms with van der Waals surface area (Å²) in [4.78, 5) is 23.1. The van der Waals surface area contributed by atoms with E-state index in [4.69, 9.17) is 16.3 Å². The zero-order valence-electron chi connectivity index (χ0n) is 11.1. The number of ether oxygens (including phenoxy) is 1. The van der Waals surface area contributed by atoms with Crippen molar-refractivity contribution in [2.45, 2.75) is 26.4 Å². The number of carbonyl (C=O) groups is 1. The van der Waals surface area contributed by atoms with Gasteiger partial charge < -0.3 is 4.74 Å². The maximum atomic E-state index is 11.8. The molecule has 0 aromatic heterocycles. The number of rotatable bonds is 2. The predicted molar refractivity (Wildman–Crippen MR) is 72.7 cm³/mol. The van der Waals surface area contributed by atoms with Gasteiger partial charge in [-0.15, -0.1) is 0 Å². The second-order valence-corrected chi connectivity index (χ2v) is 5.34. The van der Waals surface area contributed by atoms with E-state index in [-0.39, 0.29) is 10.7 Å². The molecule has 0 aliphatic heterocycles. The van der Waals surface area contributed by atoms with E-state index >= 15 is 0 Å². The number of hydrogen-bond acceptors (Lipinski definition) is 4. The van der Waals surface area contributed by atoms with Gasteiger partial charge in [0.15, 0.2) is 0 Å². The fraction of sp³-hybridized carbons (Fsp3) is 0.417. The van der Waals surface area contributed by atoms with Crippen LogP contribution in [0.1, 0.15) is 20.8 Å². The second kappa shape index (κ2) is 5.44. The van der Waals surface area contributed by atoms with Crippen LogP contribution in [0.5, 0.6) is 0 Å². The van der Waals surface area contributed by atoms with Crippen molar-refractivity contribution in [3.8, 4) is 0 Å². The molecule has 7 heteroatoms. The molecule has 0 aliphatic carbocycles. The minimum absolute atomic E-state index is 0.113. The Morgan fingerprint density at radius 2 is 2.00 bits per heavy atom. The number of anilines is 1. The van der Waals surface area contributed by atoms with Gasteiger partial charge in [-0.25, -0.2) is 4.79 Å². The first-order valence-electron chi connectivity index (χ1n) is 5.52. The monoisotopic (exact) mass is 286 g/mol. The van der Waals surface area contributed by atoms with Crippen LogP contribution in [-0.4, -0.2) is 23.7 Å². The highest BCUT2D eigenvalue weighted by molar-refractivity contribution is 6.34. The topological polar surface area (TPSA) is 72.7 Å². The molecule has 104 valence electrons. The molecule has 19 heavy (non-hydrogen) atoms. The quantitative estimate of drug-likeness (QED) is 0.615. The zero-order valence-corrected chi connectivity index (χ0v) is 11.9. The van der Waals surface area contributed by atoms with Gasteiger partial charge >= 0.3 is 6.09 Å². The zero-order chi connectivity index (χ0) is 14.8. The predicted octanol–water partition coefficient (Wildman–Crippen LogP) is 3.62. The lowest BCUT2D eigenvalue weighted by Gasteiger charge is -2.25. The number of carbonyl (C=O) groups excluding carboxylic acids is 1. The van der Waals surface area contributed by atoms with E-state index in [1.165, 1.54) is 30.1 Å². The van der Waals surface area contributed by atoms with Gasteiger partial charge in [-0.05, 0) is 26.8 Å². The Morgan fingerprint density at radius 1 is 1.42 bits per heavy atom. The van der Waals surface area contributed by atoms with Crippen LogP contribution in [0.2, 0.25) is 5.02 Å². The molecule has 0 fully saturated rings. The third-order valence-corrected chi connectivity index (χ3v) is 2.47. The average Bonchev–Trinajstić information content (AvgIpc) is 2.25. The maximum Gasteiger partial charge on any atom is 0.414 e. The van der Waals surface area contributed by atoms with E-state index in [0.717, 1.165) is 0 Å². The minimum Gasteiger partial charge on any atom is -0.443 e. The van der Waals surface area contributed by atoms with Gasteiger partial charge in [0.2, 0.25) is 0 Å². The lowest BCUT2D eigenvalue weighted by molar-refractivity contribution is -0.384. The third-order valence-electron chi connectivity index (χ3n) is 2.17. The summed E-state index contributed by atoms with van der Waals surface area (Å²) in [5.41, 5.74) is -0.411. The minimum atomic E-state index is -0.626. The van der Waals surface area contributed by atoms with Crippen LogP contribution < -0.4 is 4.90 Å². The second-order valence-electron chi connectivity index (χ2n) is 4.93. The molecule has 0 unspecified atom stereocenters. The van der Waals surface area contributed by atoms with Crippen LogP contribution in [0.3, 0.4) is 0 Å². The molecule has 0 bridgehead atoms. The molecule has 0 aliphatic rings. The van der Waals surface area contributed by atoms with Crippen molar-refractivity contribution in [2.24, 2.45) is 0 Å². The van der Waals surface area contributed by atoms with Crippen LogP contribution in [0.25, 0.3) is 0 Å². The Kier molecular flexibility index (Phi) is 4.36. The smallest absolute Gasteiger partial charge is 0.414 e. The van der Waals surface area contributed by atoms with Crippen LogP contribution in [-0.2, 0) is 4.74 Å². The van der Waals surface area contributed by atoms with Crippen LogP contribution >= 0.6 is 11.6 Å². The number of nitrogens with zero attached hydrogens (tertiary/aromatic N) is 2. The Balaban J connectivity index is 2.97. The molecule has 0 N–H and O–H groups in total. The number of halogens is 1. The Hall–Kier alpha value is -1.82.